The van der Waals surface area contributed by atoms with Crippen molar-refractivity contribution in [1.29, 1.82) is 0 Å². The van der Waals surface area contributed by atoms with Crippen molar-refractivity contribution in [3.8, 4) is 11.3 Å². The zero-order valence-electron chi connectivity index (χ0n) is 11.8. The lowest BCUT2D eigenvalue weighted by Crippen LogP contribution is -2.28. The number of ether oxygens (including phenoxy) is 1. The molecule has 0 saturated heterocycles. The van der Waals surface area contributed by atoms with Crippen molar-refractivity contribution in [1.82, 2.24) is 4.98 Å². The van der Waals surface area contributed by atoms with Crippen LogP contribution >= 0.6 is 11.3 Å². The maximum atomic E-state index is 6.01. The van der Waals surface area contributed by atoms with Crippen molar-refractivity contribution in [2.75, 3.05) is 6.61 Å². The van der Waals surface area contributed by atoms with E-state index in [0.29, 0.717) is 0 Å². The van der Waals surface area contributed by atoms with Crippen LogP contribution in [0.4, 0.5) is 0 Å². The van der Waals surface area contributed by atoms with Gasteiger partial charge in [0.05, 0.1) is 5.69 Å². The fourth-order valence-corrected chi connectivity index (χ4v) is 3.44. The first-order valence-electron chi connectivity index (χ1n) is 6.91. The Bertz CT molecular complexity index is 502. The van der Waals surface area contributed by atoms with Gasteiger partial charge in [0.15, 0.2) is 0 Å². The van der Waals surface area contributed by atoms with Crippen molar-refractivity contribution in [3.05, 3.63) is 40.7 Å². The molecule has 0 spiro atoms. The van der Waals surface area contributed by atoms with Crippen LogP contribution in [-0.2, 0) is 10.3 Å². The highest BCUT2D eigenvalue weighted by Gasteiger charge is 2.32. The molecule has 19 heavy (non-hydrogen) atoms. The van der Waals surface area contributed by atoms with Gasteiger partial charge < -0.3 is 4.74 Å². The topological polar surface area (TPSA) is 22.1 Å². The third-order valence-electron chi connectivity index (χ3n) is 3.53. The van der Waals surface area contributed by atoms with E-state index in [4.69, 9.17) is 9.72 Å². The van der Waals surface area contributed by atoms with Crippen molar-refractivity contribution < 1.29 is 4.74 Å². The Balaban J connectivity index is 2.34. The number of nitrogens with zero attached hydrogens (tertiary/aromatic N) is 1. The van der Waals surface area contributed by atoms with Crippen LogP contribution in [0.1, 0.15) is 38.6 Å². The third kappa shape index (κ3) is 2.88. The number of hydrogen-bond acceptors (Lipinski definition) is 3. The molecule has 0 unspecified atom stereocenters. The van der Waals surface area contributed by atoms with Gasteiger partial charge in [-0.15, -0.1) is 11.3 Å². The molecular formula is C16H21NOS. The molecule has 0 aliphatic heterocycles. The number of thiazole rings is 1. The largest absolute Gasteiger partial charge is 0.368 e. The normalized spacial score (nSPS) is 11.7. The summed E-state index contributed by atoms with van der Waals surface area (Å²) in [6.07, 6.45) is 1.91. The van der Waals surface area contributed by atoms with Gasteiger partial charge in [-0.3, -0.25) is 0 Å². The SMILES string of the molecule is CCOC(CC)(CC)c1nc(-c2ccccc2)cs1. The molecule has 1 aromatic heterocycles. The molecule has 2 nitrogen and oxygen atoms in total. The summed E-state index contributed by atoms with van der Waals surface area (Å²) >= 11 is 1.70. The summed E-state index contributed by atoms with van der Waals surface area (Å²) in [6, 6.07) is 10.3. The highest BCUT2D eigenvalue weighted by atomic mass is 32.1. The summed E-state index contributed by atoms with van der Waals surface area (Å²) in [5.74, 6) is 0. The van der Waals surface area contributed by atoms with Gasteiger partial charge in [0.2, 0.25) is 0 Å². The molecule has 0 fully saturated rings. The Hall–Kier alpha value is -1.19. The first kappa shape index (κ1) is 14.2. The van der Waals surface area contributed by atoms with Crippen molar-refractivity contribution in [2.45, 2.75) is 39.2 Å². The van der Waals surface area contributed by atoms with Crippen LogP contribution < -0.4 is 0 Å². The van der Waals surface area contributed by atoms with Crippen LogP contribution in [0.2, 0.25) is 0 Å². The molecule has 0 bridgehead atoms. The molecule has 0 aliphatic rings. The van der Waals surface area contributed by atoms with E-state index in [1.165, 1.54) is 5.56 Å². The Morgan fingerprint density at radius 1 is 1.11 bits per heavy atom. The molecule has 3 heteroatoms. The van der Waals surface area contributed by atoms with Crippen LogP contribution in [0, 0.1) is 0 Å². The Kier molecular flexibility index (Phi) is 4.72. The average molecular weight is 275 g/mol. The lowest BCUT2D eigenvalue weighted by molar-refractivity contribution is -0.0505. The van der Waals surface area contributed by atoms with Crippen molar-refractivity contribution in [2.24, 2.45) is 0 Å². The predicted octanol–water partition coefficient (Wildman–Crippen LogP) is 4.86. The summed E-state index contributed by atoms with van der Waals surface area (Å²) in [4.78, 5) is 4.81. The maximum absolute atomic E-state index is 6.01. The lowest BCUT2D eigenvalue weighted by atomic mass is 9.98. The van der Waals surface area contributed by atoms with Gasteiger partial charge in [-0.05, 0) is 19.8 Å². The van der Waals surface area contributed by atoms with E-state index < -0.39 is 0 Å². The molecule has 2 rings (SSSR count). The molecule has 0 atom stereocenters. The van der Waals surface area contributed by atoms with Gasteiger partial charge in [0.25, 0.3) is 0 Å². The average Bonchev–Trinajstić information content (AvgIpc) is 2.96. The standard InChI is InChI=1S/C16H21NOS/c1-4-16(5-2,18-6-3)15-17-14(12-19-15)13-10-8-7-9-11-13/h7-12H,4-6H2,1-3H3. The minimum atomic E-state index is -0.216. The molecule has 1 heterocycles. The van der Waals surface area contributed by atoms with Gasteiger partial charge >= 0.3 is 0 Å². The maximum Gasteiger partial charge on any atom is 0.125 e. The summed E-state index contributed by atoms with van der Waals surface area (Å²) < 4.78 is 6.01. The summed E-state index contributed by atoms with van der Waals surface area (Å²) in [6.45, 7) is 7.11. The van der Waals surface area contributed by atoms with E-state index in [-0.39, 0.29) is 5.60 Å². The number of rotatable bonds is 6. The minimum Gasteiger partial charge on any atom is -0.368 e. The Morgan fingerprint density at radius 2 is 1.79 bits per heavy atom. The summed E-state index contributed by atoms with van der Waals surface area (Å²) in [5, 5.41) is 3.22. The van der Waals surface area contributed by atoms with Crippen LogP contribution in [0.15, 0.2) is 35.7 Å². The minimum absolute atomic E-state index is 0.216. The first-order chi connectivity index (χ1) is 9.25. The fraction of sp³-hybridized carbons (Fsp3) is 0.438. The molecule has 1 aromatic carbocycles. The molecule has 0 N–H and O–H groups in total. The van der Waals surface area contributed by atoms with Gasteiger partial charge in [-0.2, -0.15) is 0 Å². The van der Waals surface area contributed by atoms with E-state index >= 15 is 0 Å². The second-order valence-corrected chi connectivity index (χ2v) is 5.40. The van der Waals surface area contributed by atoms with Gasteiger partial charge in [0.1, 0.15) is 10.6 Å². The van der Waals surface area contributed by atoms with Crippen LogP contribution in [0.25, 0.3) is 11.3 Å². The predicted molar refractivity (Wildman–Crippen MR) is 81.4 cm³/mol. The summed E-state index contributed by atoms with van der Waals surface area (Å²) in [7, 11) is 0. The highest BCUT2D eigenvalue weighted by Crippen LogP contribution is 2.36. The smallest absolute Gasteiger partial charge is 0.125 e. The van der Waals surface area contributed by atoms with Crippen molar-refractivity contribution in [3.63, 3.8) is 0 Å². The van der Waals surface area contributed by atoms with E-state index in [2.05, 4.69) is 31.4 Å². The molecule has 0 radical (unpaired) electrons. The van der Waals surface area contributed by atoms with Gasteiger partial charge in [0, 0.05) is 17.6 Å². The Labute approximate surface area is 119 Å². The first-order valence-corrected chi connectivity index (χ1v) is 7.79. The zero-order chi connectivity index (χ0) is 13.7. The van der Waals surface area contributed by atoms with Crippen molar-refractivity contribution >= 4 is 11.3 Å². The van der Waals surface area contributed by atoms with Gasteiger partial charge in [-0.25, -0.2) is 4.98 Å². The van der Waals surface area contributed by atoms with Gasteiger partial charge in [-0.1, -0.05) is 44.2 Å². The molecule has 0 aliphatic carbocycles. The number of benzene rings is 1. The van der Waals surface area contributed by atoms with Crippen LogP contribution in [-0.4, -0.2) is 11.6 Å². The Morgan fingerprint density at radius 3 is 2.37 bits per heavy atom. The molecule has 2 aromatic rings. The lowest BCUT2D eigenvalue weighted by Gasteiger charge is -2.29. The van der Waals surface area contributed by atoms with E-state index in [1.54, 1.807) is 11.3 Å². The summed E-state index contributed by atoms with van der Waals surface area (Å²) in [5.41, 5.74) is 2.00. The second kappa shape index (κ2) is 6.31. The number of hydrogen-bond donors (Lipinski definition) is 0. The van der Waals surface area contributed by atoms with Crippen LogP contribution in [0.5, 0.6) is 0 Å². The second-order valence-electron chi connectivity index (χ2n) is 4.54. The van der Waals surface area contributed by atoms with E-state index in [1.807, 2.05) is 25.1 Å². The molecule has 102 valence electrons. The van der Waals surface area contributed by atoms with E-state index in [0.717, 1.165) is 30.2 Å². The monoisotopic (exact) mass is 275 g/mol. The molecule has 0 saturated carbocycles. The fourth-order valence-electron chi connectivity index (χ4n) is 2.32. The highest BCUT2D eigenvalue weighted by molar-refractivity contribution is 7.10. The zero-order valence-corrected chi connectivity index (χ0v) is 12.7. The molecular weight excluding hydrogens is 254 g/mol. The van der Waals surface area contributed by atoms with E-state index in [9.17, 15) is 0 Å². The molecule has 0 amide bonds. The third-order valence-corrected chi connectivity index (χ3v) is 4.55. The van der Waals surface area contributed by atoms with Crippen LogP contribution in [0.3, 0.4) is 0 Å². The number of aromatic nitrogens is 1. The quantitative estimate of drug-likeness (QED) is 0.751.